The first-order valence-electron chi connectivity index (χ1n) is 16.6. The first-order chi connectivity index (χ1) is 24.3. The first-order valence-corrected chi connectivity index (χ1v) is 18.2. The van der Waals surface area contributed by atoms with E-state index >= 15 is 0 Å². The zero-order chi connectivity index (χ0) is 32.3. The molecule has 230 valence electrons. The molecule has 0 spiro atoms. The Labute approximate surface area is 292 Å². The molecule has 49 heavy (non-hydrogen) atoms. The topological polar surface area (TPSA) is 3.24 Å². The smallest absolute Gasteiger partial charge is 0.0462 e. The molecule has 3 heteroatoms. The summed E-state index contributed by atoms with van der Waals surface area (Å²) in [4.78, 5) is 2.34. The van der Waals surface area contributed by atoms with Gasteiger partial charge in [0.1, 0.15) is 0 Å². The van der Waals surface area contributed by atoms with Crippen LogP contribution in [0.3, 0.4) is 0 Å². The van der Waals surface area contributed by atoms with Crippen LogP contribution in [0.15, 0.2) is 176 Å². The van der Waals surface area contributed by atoms with Gasteiger partial charge in [-0.2, -0.15) is 0 Å². The zero-order valence-corrected chi connectivity index (χ0v) is 28.1. The molecule has 0 N–H and O–H groups in total. The molecule has 0 fully saturated rings. The van der Waals surface area contributed by atoms with Gasteiger partial charge in [0, 0.05) is 57.4 Å². The Bertz CT molecular complexity index is 2810. The van der Waals surface area contributed by atoms with E-state index in [0.717, 1.165) is 17.1 Å². The highest BCUT2D eigenvalue weighted by Crippen LogP contribution is 2.42. The maximum atomic E-state index is 2.36. The van der Waals surface area contributed by atoms with Crippen molar-refractivity contribution in [1.82, 2.24) is 0 Å². The normalized spacial score (nSPS) is 11.7. The lowest BCUT2D eigenvalue weighted by Crippen LogP contribution is -2.09. The quantitative estimate of drug-likeness (QED) is 0.178. The van der Waals surface area contributed by atoms with E-state index in [1.54, 1.807) is 0 Å². The molecule has 0 amide bonds. The molecule has 0 saturated heterocycles. The summed E-state index contributed by atoms with van der Waals surface area (Å²) in [5.41, 5.74) is 8.35. The van der Waals surface area contributed by atoms with Gasteiger partial charge in [0.05, 0.1) is 0 Å². The Balaban J connectivity index is 1.02. The number of hydrogen-bond acceptors (Lipinski definition) is 3. The number of rotatable bonds is 5. The van der Waals surface area contributed by atoms with E-state index in [1.807, 2.05) is 22.7 Å². The van der Waals surface area contributed by atoms with E-state index in [9.17, 15) is 0 Å². The Kier molecular flexibility index (Phi) is 6.61. The van der Waals surface area contributed by atoms with Crippen LogP contribution in [0.5, 0.6) is 0 Å². The predicted molar refractivity (Wildman–Crippen MR) is 215 cm³/mol. The van der Waals surface area contributed by atoms with E-state index in [4.69, 9.17) is 0 Å². The molecule has 10 aromatic rings. The molecule has 8 aromatic carbocycles. The fourth-order valence-electron chi connectivity index (χ4n) is 7.23. The minimum absolute atomic E-state index is 1.13. The monoisotopic (exact) mass is 659 g/mol. The molecule has 10 rings (SSSR count). The largest absolute Gasteiger partial charge is 0.311 e. The number of thiophene rings is 2. The summed E-state index contributed by atoms with van der Waals surface area (Å²) in [6.45, 7) is 0. The molecule has 0 atom stereocenters. The van der Waals surface area contributed by atoms with Gasteiger partial charge in [-0.15, -0.1) is 22.7 Å². The summed E-state index contributed by atoms with van der Waals surface area (Å²) in [6, 6.07) is 64.3. The summed E-state index contributed by atoms with van der Waals surface area (Å²) in [5.74, 6) is 0. The molecule has 2 aromatic heterocycles. The second kappa shape index (κ2) is 11.5. The van der Waals surface area contributed by atoms with Gasteiger partial charge in [0.25, 0.3) is 0 Å². The molecule has 0 unspecified atom stereocenters. The molecular formula is C46H29NS2. The fraction of sp³-hybridized carbons (Fsp3) is 0. The molecule has 1 nitrogen and oxygen atoms in total. The van der Waals surface area contributed by atoms with Crippen LogP contribution in [0.2, 0.25) is 0 Å². The number of anilines is 3. The molecule has 0 saturated carbocycles. The molecule has 2 heterocycles. The zero-order valence-electron chi connectivity index (χ0n) is 26.5. The van der Waals surface area contributed by atoms with Gasteiger partial charge in [-0.3, -0.25) is 0 Å². The number of nitrogens with zero attached hydrogens (tertiary/aromatic N) is 1. The molecule has 0 aliphatic heterocycles. The summed E-state index contributed by atoms with van der Waals surface area (Å²) in [5, 5.41) is 7.90. The molecule has 0 radical (unpaired) electrons. The van der Waals surface area contributed by atoms with E-state index in [2.05, 4.69) is 181 Å². The van der Waals surface area contributed by atoms with E-state index in [-0.39, 0.29) is 0 Å². The Morgan fingerprint density at radius 2 is 0.918 bits per heavy atom. The molecular weight excluding hydrogens is 631 g/mol. The minimum atomic E-state index is 1.13. The van der Waals surface area contributed by atoms with Gasteiger partial charge in [-0.05, 0) is 99.8 Å². The maximum Gasteiger partial charge on any atom is 0.0462 e. The van der Waals surface area contributed by atoms with Gasteiger partial charge in [-0.25, -0.2) is 0 Å². The lowest BCUT2D eigenvalue weighted by atomic mass is 10.0. The molecule has 0 bridgehead atoms. The van der Waals surface area contributed by atoms with E-state index < -0.39 is 0 Å². The van der Waals surface area contributed by atoms with Crippen molar-refractivity contribution < 1.29 is 0 Å². The van der Waals surface area contributed by atoms with Crippen molar-refractivity contribution in [3.63, 3.8) is 0 Å². The fourth-order valence-corrected chi connectivity index (χ4v) is 9.59. The highest BCUT2D eigenvalue weighted by molar-refractivity contribution is 7.26. The van der Waals surface area contributed by atoms with Crippen molar-refractivity contribution in [2.45, 2.75) is 0 Å². The Morgan fingerprint density at radius 3 is 1.71 bits per heavy atom. The SMILES string of the molecule is c1ccc(N(c2ccc(-c3ccc4sc5cc6ccccc6cc5c4c3)cc2)c2ccc(-c3cccc4c3sc3ccccc34)cc2)cc1. The van der Waals surface area contributed by atoms with Crippen molar-refractivity contribution in [2.75, 3.05) is 4.90 Å². The van der Waals surface area contributed by atoms with Crippen LogP contribution >= 0.6 is 22.7 Å². The van der Waals surface area contributed by atoms with Crippen LogP contribution in [-0.2, 0) is 0 Å². The summed E-state index contributed by atoms with van der Waals surface area (Å²) >= 11 is 3.76. The number of benzene rings is 8. The van der Waals surface area contributed by atoms with Crippen molar-refractivity contribution in [3.05, 3.63) is 176 Å². The van der Waals surface area contributed by atoms with E-state index in [1.165, 1.54) is 73.4 Å². The van der Waals surface area contributed by atoms with Gasteiger partial charge in [0.2, 0.25) is 0 Å². The third-order valence-corrected chi connectivity index (χ3v) is 12.0. The van der Waals surface area contributed by atoms with Crippen LogP contribution in [0.4, 0.5) is 17.1 Å². The molecule has 0 aliphatic carbocycles. The third-order valence-electron chi connectivity index (χ3n) is 9.65. The average molecular weight is 660 g/mol. The Hall–Kier alpha value is -5.74. The minimum Gasteiger partial charge on any atom is -0.311 e. The summed E-state index contributed by atoms with van der Waals surface area (Å²) in [7, 11) is 0. The highest BCUT2D eigenvalue weighted by atomic mass is 32.1. The maximum absolute atomic E-state index is 2.36. The first kappa shape index (κ1) is 28.3. The van der Waals surface area contributed by atoms with Crippen LogP contribution in [0, 0.1) is 0 Å². The van der Waals surface area contributed by atoms with Crippen LogP contribution < -0.4 is 4.90 Å². The van der Waals surface area contributed by atoms with Crippen LogP contribution in [0.1, 0.15) is 0 Å². The van der Waals surface area contributed by atoms with Crippen molar-refractivity contribution in [2.24, 2.45) is 0 Å². The lowest BCUT2D eigenvalue weighted by molar-refractivity contribution is 1.28. The van der Waals surface area contributed by atoms with Crippen LogP contribution in [0.25, 0.3) is 73.4 Å². The summed E-state index contributed by atoms with van der Waals surface area (Å²) in [6.07, 6.45) is 0. The second-order valence-corrected chi connectivity index (χ2v) is 14.7. The van der Waals surface area contributed by atoms with Crippen LogP contribution in [-0.4, -0.2) is 0 Å². The number of para-hydroxylation sites is 1. The average Bonchev–Trinajstić information content (AvgIpc) is 3.72. The van der Waals surface area contributed by atoms with Crippen molar-refractivity contribution in [3.8, 4) is 22.3 Å². The third kappa shape index (κ3) is 4.82. The number of hydrogen-bond donors (Lipinski definition) is 0. The molecule has 0 aliphatic rings. The standard InChI is InChI=1S/C46H29NS2/c1-2-11-35(12-3-1)47(37-24-19-31(20-25-37)38-14-8-15-40-39-13-6-7-16-43(39)49-46(38)40)36-22-17-30(18-23-36)34-21-26-44-41(28-34)42-27-32-9-4-5-10-33(32)29-45(42)48-44/h1-29H. The van der Waals surface area contributed by atoms with E-state index in [0.29, 0.717) is 0 Å². The van der Waals surface area contributed by atoms with Crippen molar-refractivity contribution in [1.29, 1.82) is 0 Å². The van der Waals surface area contributed by atoms with Gasteiger partial charge >= 0.3 is 0 Å². The van der Waals surface area contributed by atoms with Gasteiger partial charge in [-0.1, -0.05) is 109 Å². The summed E-state index contributed by atoms with van der Waals surface area (Å²) < 4.78 is 5.34. The predicted octanol–water partition coefficient (Wildman–Crippen LogP) is 14.4. The lowest BCUT2D eigenvalue weighted by Gasteiger charge is -2.26. The van der Waals surface area contributed by atoms with Gasteiger partial charge < -0.3 is 4.90 Å². The highest BCUT2D eigenvalue weighted by Gasteiger charge is 2.15. The number of fused-ring (bicyclic) bond motifs is 7. The van der Waals surface area contributed by atoms with Crippen molar-refractivity contribution >= 4 is 90.9 Å². The van der Waals surface area contributed by atoms with Gasteiger partial charge in [0.15, 0.2) is 0 Å². The Morgan fingerprint density at radius 1 is 0.327 bits per heavy atom. The second-order valence-electron chi connectivity index (χ2n) is 12.6.